The first-order valence-electron chi connectivity index (χ1n) is 11.8. The van der Waals surface area contributed by atoms with Gasteiger partial charge in [0.05, 0.1) is 19.3 Å². The maximum Gasteiger partial charge on any atom is 0.250 e. The van der Waals surface area contributed by atoms with Gasteiger partial charge in [-0.1, -0.05) is 44.2 Å². The van der Waals surface area contributed by atoms with Gasteiger partial charge in [-0.2, -0.15) is 0 Å². The lowest BCUT2D eigenvalue weighted by Crippen LogP contribution is -2.51. The SMILES string of the molecule is CC(C)(CNC(=O)CC(N)Cc1cc(F)ccc1F)CNC(=O)[C@@H](O)[C@H](N)COCc1ccccc1. The van der Waals surface area contributed by atoms with Gasteiger partial charge in [0.2, 0.25) is 5.91 Å². The van der Waals surface area contributed by atoms with Crippen LogP contribution in [0.1, 0.15) is 31.4 Å². The molecule has 1 unspecified atom stereocenters. The van der Waals surface area contributed by atoms with Crippen LogP contribution in [0.5, 0.6) is 0 Å². The van der Waals surface area contributed by atoms with Crippen LogP contribution in [0.2, 0.25) is 0 Å². The zero-order valence-electron chi connectivity index (χ0n) is 20.7. The molecule has 0 radical (unpaired) electrons. The molecule has 2 aromatic rings. The predicted octanol–water partition coefficient (Wildman–Crippen LogP) is 1.39. The zero-order valence-corrected chi connectivity index (χ0v) is 20.7. The molecule has 3 atom stereocenters. The first-order chi connectivity index (χ1) is 17.0. The second kappa shape index (κ2) is 14.0. The smallest absolute Gasteiger partial charge is 0.250 e. The summed E-state index contributed by atoms with van der Waals surface area (Å²) in [5.74, 6) is -2.13. The molecule has 198 valence electrons. The molecule has 0 fully saturated rings. The summed E-state index contributed by atoms with van der Waals surface area (Å²) in [6.45, 7) is 4.35. The molecule has 0 spiro atoms. The summed E-state index contributed by atoms with van der Waals surface area (Å²) in [7, 11) is 0. The van der Waals surface area contributed by atoms with E-state index in [1.54, 1.807) is 0 Å². The van der Waals surface area contributed by atoms with Crippen molar-refractivity contribution in [1.82, 2.24) is 10.6 Å². The van der Waals surface area contributed by atoms with Crippen molar-refractivity contribution in [2.45, 2.75) is 51.5 Å². The molecule has 8 nitrogen and oxygen atoms in total. The maximum atomic E-state index is 13.8. The number of carbonyl (C=O) groups is 2. The van der Waals surface area contributed by atoms with Crippen LogP contribution in [0.15, 0.2) is 48.5 Å². The van der Waals surface area contributed by atoms with Crippen LogP contribution in [0, 0.1) is 17.0 Å². The highest BCUT2D eigenvalue weighted by Gasteiger charge is 2.26. The van der Waals surface area contributed by atoms with Crippen molar-refractivity contribution in [2.24, 2.45) is 16.9 Å². The van der Waals surface area contributed by atoms with Crippen LogP contribution in [-0.2, 0) is 27.4 Å². The Bertz CT molecular complexity index is 991. The van der Waals surface area contributed by atoms with Crippen molar-refractivity contribution in [1.29, 1.82) is 0 Å². The van der Waals surface area contributed by atoms with Crippen molar-refractivity contribution in [2.75, 3.05) is 19.7 Å². The highest BCUT2D eigenvalue weighted by atomic mass is 19.1. The maximum absolute atomic E-state index is 13.8. The Morgan fingerprint density at radius 1 is 1.06 bits per heavy atom. The monoisotopic (exact) mass is 506 g/mol. The van der Waals surface area contributed by atoms with Gasteiger partial charge in [0, 0.05) is 25.6 Å². The topological polar surface area (TPSA) is 140 Å². The summed E-state index contributed by atoms with van der Waals surface area (Å²) in [4.78, 5) is 24.6. The minimum absolute atomic E-state index is 0.00269. The summed E-state index contributed by atoms with van der Waals surface area (Å²) in [6, 6.07) is 11.0. The zero-order chi connectivity index (χ0) is 26.7. The third-order valence-corrected chi connectivity index (χ3v) is 5.54. The van der Waals surface area contributed by atoms with Crippen LogP contribution in [0.4, 0.5) is 8.78 Å². The first-order valence-corrected chi connectivity index (χ1v) is 11.8. The number of amides is 2. The standard InChI is InChI=1S/C26H36F2N4O4/c1-26(2,15-31-23(33)12-20(29)11-18-10-19(27)8-9-21(18)28)16-32-25(35)24(34)22(30)14-36-13-17-6-4-3-5-7-17/h3-10,20,22,24,34H,11-16,29-30H2,1-2H3,(H,31,33)(H,32,35)/t20?,22-,24+/m1/s1. The number of hydrogen-bond donors (Lipinski definition) is 5. The van der Waals surface area contributed by atoms with E-state index in [1.165, 1.54) is 0 Å². The molecule has 10 heteroatoms. The minimum atomic E-state index is -1.45. The van der Waals surface area contributed by atoms with Crippen LogP contribution in [0.25, 0.3) is 0 Å². The predicted molar refractivity (Wildman–Crippen MR) is 133 cm³/mol. The summed E-state index contributed by atoms with van der Waals surface area (Å²) in [6.07, 6.45) is -1.51. The number of aliphatic hydroxyl groups excluding tert-OH is 1. The van der Waals surface area contributed by atoms with Gasteiger partial charge < -0.3 is 31.9 Å². The number of benzene rings is 2. The molecule has 7 N–H and O–H groups in total. The van der Waals surface area contributed by atoms with E-state index in [2.05, 4.69) is 10.6 Å². The summed E-state index contributed by atoms with van der Waals surface area (Å²) < 4.78 is 32.6. The lowest BCUT2D eigenvalue weighted by Gasteiger charge is -2.27. The minimum Gasteiger partial charge on any atom is -0.382 e. The molecule has 2 rings (SSSR count). The van der Waals surface area contributed by atoms with Gasteiger partial charge in [0.25, 0.3) is 5.91 Å². The molecular formula is C26H36F2N4O4. The van der Waals surface area contributed by atoms with E-state index in [0.29, 0.717) is 6.61 Å². The van der Waals surface area contributed by atoms with Crippen LogP contribution in [-0.4, -0.2) is 54.8 Å². The Balaban J connectivity index is 1.69. The van der Waals surface area contributed by atoms with Crippen LogP contribution >= 0.6 is 0 Å². The van der Waals surface area contributed by atoms with E-state index in [4.69, 9.17) is 16.2 Å². The van der Waals surface area contributed by atoms with E-state index in [-0.39, 0.29) is 44.0 Å². The van der Waals surface area contributed by atoms with Gasteiger partial charge in [-0.15, -0.1) is 0 Å². The van der Waals surface area contributed by atoms with Gasteiger partial charge in [0.15, 0.2) is 0 Å². The molecule has 0 aliphatic rings. The van der Waals surface area contributed by atoms with Gasteiger partial charge in [0.1, 0.15) is 17.7 Å². The Kier molecular flexibility index (Phi) is 11.4. The molecular weight excluding hydrogens is 470 g/mol. The quantitative estimate of drug-likeness (QED) is 0.262. The number of hydrogen-bond acceptors (Lipinski definition) is 6. The third kappa shape index (κ3) is 10.4. The van der Waals surface area contributed by atoms with E-state index >= 15 is 0 Å². The summed E-state index contributed by atoms with van der Waals surface area (Å²) >= 11 is 0. The number of nitrogens with two attached hydrogens (primary N) is 2. The molecule has 0 aliphatic carbocycles. The highest BCUT2D eigenvalue weighted by molar-refractivity contribution is 5.81. The number of nitrogens with one attached hydrogen (secondary N) is 2. The first kappa shape index (κ1) is 29.3. The normalized spacial score (nSPS) is 14.1. The third-order valence-electron chi connectivity index (χ3n) is 5.54. The largest absolute Gasteiger partial charge is 0.382 e. The number of ether oxygens (including phenoxy) is 1. The average Bonchev–Trinajstić information content (AvgIpc) is 2.83. The fourth-order valence-corrected chi connectivity index (χ4v) is 3.37. The second-order valence-corrected chi connectivity index (χ2v) is 9.67. The Morgan fingerprint density at radius 2 is 1.72 bits per heavy atom. The lowest BCUT2D eigenvalue weighted by molar-refractivity contribution is -0.131. The van der Waals surface area contributed by atoms with Crippen LogP contribution in [0.3, 0.4) is 0 Å². The number of halogens is 2. The number of rotatable bonds is 14. The van der Waals surface area contributed by atoms with Crippen molar-refractivity contribution in [3.05, 3.63) is 71.3 Å². The molecule has 0 aromatic heterocycles. The summed E-state index contributed by atoms with van der Waals surface area (Å²) in [5, 5.41) is 15.6. The Morgan fingerprint density at radius 3 is 2.42 bits per heavy atom. The Hall–Kier alpha value is -2.92. The Labute approximate surface area is 210 Å². The number of aliphatic hydroxyl groups is 1. The van der Waals surface area contributed by atoms with Gasteiger partial charge in [-0.25, -0.2) is 8.78 Å². The van der Waals surface area contributed by atoms with Gasteiger partial charge in [-0.05, 0) is 41.2 Å². The molecule has 36 heavy (non-hydrogen) atoms. The van der Waals surface area contributed by atoms with E-state index < -0.39 is 41.1 Å². The fourth-order valence-electron chi connectivity index (χ4n) is 3.37. The van der Waals surface area contributed by atoms with Gasteiger partial charge in [-0.3, -0.25) is 9.59 Å². The lowest BCUT2D eigenvalue weighted by atomic mass is 9.93. The summed E-state index contributed by atoms with van der Waals surface area (Å²) in [5.41, 5.74) is 12.3. The molecule has 2 aromatic carbocycles. The molecule has 0 aliphatic heterocycles. The van der Waals surface area contributed by atoms with Crippen molar-refractivity contribution in [3.63, 3.8) is 0 Å². The van der Waals surface area contributed by atoms with E-state index in [0.717, 1.165) is 23.8 Å². The second-order valence-electron chi connectivity index (χ2n) is 9.67. The fraction of sp³-hybridized carbons (Fsp3) is 0.462. The molecule has 0 saturated carbocycles. The highest BCUT2D eigenvalue weighted by Crippen LogP contribution is 2.14. The van der Waals surface area contributed by atoms with Crippen LogP contribution < -0.4 is 22.1 Å². The van der Waals surface area contributed by atoms with Crippen molar-refractivity contribution in [3.8, 4) is 0 Å². The van der Waals surface area contributed by atoms with Gasteiger partial charge >= 0.3 is 0 Å². The van der Waals surface area contributed by atoms with Crippen molar-refractivity contribution < 1.29 is 28.2 Å². The molecule has 0 saturated heterocycles. The van der Waals surface area contributed by atoms with Crippen molar-refractivity contribution >= 4 is 11.8 Å². The number of carbonyl (C=O) groups excluding carboxylic acids is 2. The molecule has 2 amide bonds. The van der Waals surface area contributed by atoms with E-state index in [9.17, 15) is 23.5 Å². The van der Waals surface area contributed by atoms with E-state index in [1.807, 2.05) is 44.2 Å². The average molecular weight is 507 g/mol. The molecule has 0 bridgehead atoms. The molecule has 0 heterocycles.